The van der Waals surface area contributed by atoms with Crippen molar-refractivity contribution >= 4 is 16.9 Å². The minimum absolute atomic E-state index is 0.363. The fraction of sp³-hybridized carbons (Fsp3) is 0.286. The van der Waals surface area contributed by atoms with Crippen LogP contribution in [0, 0.1) is 6.92 Å². The summed E-state index contributed by atoms with van der Waals surface area (Å²) in [4.78, 5) is 15.8. The van der Waals surface area contributed by atoms with Gasteiger partial charge < -0.3 is 4.74 Å². The number of benzene rings is 1. The van der Waals surface area contributed by atoms with Crippen LogP contribution in [0.3, 0.4) is 0 Å². The van der Waals surface area contributed by atoms with Gasteiger partial charge in [0.15, 0.2) is 0 Å². The van der Waals surface area contributed by atoms with Crippen molar-refractivity contribution in [3.05, 3.63) is 41.1 Å². The van der Waals surface area contributed by atoms with Crippen LogP contribution in [0.4, 0.5) is 0 Å². The number of nitrogens with zero attached hydrogens (tertiary/aromatic N) is 1. The zero-order valence-corrected chi connectivity index (χ0v) is 10.3. The predicted molar refractivity (Wildman–Crippen MR) is 67.2 cm³/mol. The van der Waals surface area contributed by atoms with Gasteiger partial charge >= 0.3 is 5.97 Å². The summed E-state index contributed by atoms with van der Waals surface area (Å²) < 4.78 is 4.68. The summed E-state index contributed by atoms with van der Waals surface area (Å²) >= 11 is 0. The molecular weight excluding hydrogens is 214 g/mol. The summed E-state index contributed by atoms with van der Waals surface area (Å²) in [5.41, 5.74) is 3.52. The molecule has 17 heavy (non-hydrogen) atoms. The summed E-state index contributed by atoms with van der Waals surface area (Å²) in [5.74, 6) is -0.394. The number of aromatic nitrogens is 1. The molecule has 88 valence electrons. The SMILES string of the molecule is CCc1ccc2nc(C(=O)OC)cc(C)c2c1. The van der Waals surface area contributed by atoms with Crippen LogP contribution in [-0.2, 0) is 11.2 Å². The average molecular weight is 229 g/mol. The van der Waals surface area contributed by atoms with Crippen LogP contribution in [0.2, 0.25) is 0 Å². The lowest BCUT2D eigenvalue weighted by molar-refractivity contribution is 0.0594. The molecule has 0 fully saturated rings. The van der Waals surface area contributed by atoms with Gasteiger partial charge in [-0.2, -0.15) is 0 Å². The molecule has 2 rings (SSSR count). The Bertz CT molecular complexity index is 576. The normalized spacial score (nSPS) is 10.5. The van der Waals surface area contributed by atoms with E-state index < -0.39 is 5.97 Å². The van der Waals surface area contributed by atoms with Gasteiger partial charge in [-0.15, -0.1) is 0 Å². The highest BCUT2D eigenvalue weighted by atomic mass is 16.5. The minimum Gasteiger partial charge on any atom is -0.464 e. The van der Waals surface area contributed by atoms with Gasteiger partial charge in [0.2, 0.25) is 0 Å². The Labute approximate surface area is 100 Å². The number of methoxy groups -OCH3 is 1. The van der Waals surface area contributed by atoms with Crippen LogP contribution < -0.4 is 0 Å². The number of carbonyl (C=O) groups is 1. The molecule has 0 saturated heterocycles. The Balaban J connectivity index is 2.63. The Kier molecular flexibility index (Phi) is 3.09. The van der Waals surface area contributed by atoms with Crippen molar-refractivity contribution in [3.63, 3.8) is 0 Å². The molecule has 0 radical (unpaired) electrons. The van der Waals surface area contributed by atoms with Crippen molar-refractivity contribution in [2.24, 2.45) is 0 Å². The molecule has 0 aliphatic rings. The first kappa shape index (κ1) is 11.6. The van der Waals surface area contributed by atoms with Crippen molar-refractivity contribution in [2.75, 3.05) is 7.11 Å². The maximum Gasteiger partial charge on any atom is 0.356 e. The standard InChI is InChI=1S/C14H15NO2/c1-4-10-5-6-12-11(8-10)9(2)7-13(15-12)14(16)17-3/h5-8H,4H2,1-3H3. The van der Waals surface area contributed by atoms with Crippen molar-refractivity contribution in [2.45, 2.75) is 20.3 Å². The fourth-order valence-electron chi connectivity index (χ4n) is 1.87. The molecule has 0 atom stereocenters. The van der Waals surface area contributed by atoms with Gasteiger partial charge in [-0.25, -0.2) is 9.78 Å². The second kappa shape index (κ2) is 4.53. The lowest BCUT2D eigenvalue weighted by Crippen LogP contribution is -2.05. The first-order chi connectivity index (χ1) is 8.15. The van der Waals surface area contributed by atoms with Crippen molar-refractivity contribution < 1.29 is 9.53 Å². The summed E-state index contributed by atoms with van der Waals surface area (Å²) in [6.45, 7) is 4.10. The van der Waals surface area contributed by atoms with Gasteiger partial charge in [0.25, 0.3) is 0 Å². The Morgan fingerprint density at radius 1 is 1.35 bits per heavy atom. The van der Waals surface area contributed by atoms with E-state index in [2.05, 4.69) is 22.7 Å². The van der Waals surface area contributed by atoms with Gasteiger partial charge in [-0.1, -0.05) is 13.0 Å². The molecule has 0 aliphatic carbocycles. The summed E-state index contributed by atoms with van der Waals surface area (Å²) in [5, 5.41) is 1.09. The van der Waals surface area contributed by atoms with Crippen LogP contribution >= 0.6 is 0 Å². The van der Waals surface area contributed by atoms with Crippen LogP contribution in [0.25, 0.3) is 10.9 Å². The number of hydrogen-bond acceptors (Lipinski definition) is 3. The molecular formula is C14H15NO2. The molecule has 0 bridgehead atoms. The molecule has 2 aromatic rings. The van der Waals surface area contributed by atoms with Crippen molar-refractivity contribution in [1.82, 2.24) is 4.98 Å². The van der Waals surface area contributed by atoms with Gasteiger partial charge in [-0.05, 0) is 42.7 Å². The van der Waals surface area contributed by atoms with E-state index in [4.69, 9.17) is 0 Å². The third-order valence-corrected chi connectivity index (χ3v) is 2.88. The zero-order valence-electron chi connectivity index (χ0n) is 10.3. The van der Waals surface area contributed by atoms with Gasteiger partial charge in [-0.3, -0.25) is 0 Å². The highest BCUT2D eigenvalue weighted by Crippen LogP contribution is 2.20. The number of esters is 1. The number of rotatable bonds is 2. The second-order valence-corrected chi connectivity index (χ2v) is 4.02. The van der Waals surface area contributed by atoms with Crippen LogP contribution in [0.5, 0.6) is 0 Å². The zero-order chi connectivity index (χ0) is 12.4. The van der Waals surface area contributed by atoms with Crippen LogP contribution in [-0.4, -0.2) is 18.1 Å². The molecule has 0 N–H and O–H groups in total. The smallest absolute Gasteiger partial charge is 0.356 e. The second-order valence-electron chi connectivity index (χ2n) is 4.02. The molecule has 1 aromatic heterocycles. The first-order valence-corrected chi connectivity index (χ1v) is 5.64. The summed E-state index contributed by atoms with van der Waals surface area (Å²) in [6, 6.07) is 7.88. The maximum absolute atomic E-state index is 11.4. The Morgan fingerprint density at radius 3 is 2.76 bits per heavy atom. The van der Waals surface area contributed by atoms with Gasteiger partial charge in [0, 0.05) is 5.39 Å². The number of pyridine rings is 1. The number of aryl methyl sites for hydroxylation is 2. The van der Waals surface area contributed by atoms with E-state index in [1.54, 1.807) is 6.07 Å². The van der Waals surface area contributed by atoms with Gasteiger partial charge in [0.1, 0.15) is 5.69 Å². The van der Waals surface area contributed by atoms with E-state index >= 15 is 0 Å². The van der Waals surface area contributed by atoms with E-state index in [-0.39, 0.29) is 0 Å². The number of hydrogen-bond donors (Lipinski definition) is 0. The maximum atomic E-state index is 11.4. The Morgan fingerprint density at radius 2 is 2.12 bits per heavy atom. The van der Waals surface area contributed by atoms with Crippen molar-refractivity contribution in [1.29, 1.82) is 0 Å². The van der Waals surface area contributed by atoms with Crippen LogP contribution in [0.1, 0.15) is 28.5 Å². The largest absolute Gasteiger partial charge is 0.464 e. The van der Waals surface area contributed by atoms with E-state index in [0.717, 1.165) is 22.9 Å². The highest BCUT2D eigenvalue weighted by molar-refractivity contribution is 5.92. The number of ether oxygens (including phenoxy) is 1. The third kappa shape index (κ3) is 2.13. The monoisotopic (exact) mass is 229 g/mol. The summed E-state index contributed by atoms with van der Waals surface area (Å²) in [6.07, 6.45) is 0.994. The molecule has 0 amide bonds. The average Bonchev–Trinajstić information content (AvgIpc) is 2.37. The number of carbonyl (C=O) groups excluding carboxylic acids is 1. The quantitative estimate of drug-likeness (QED) is 0.743. The molecule has 0 saturated carbocycles. The molecule has 0 aliphatic heterocycles. The van der Waals surface area contributed by atoms with E-state index in [1.807, 2.05) is 19.1 Å². The van der Waals surface area contributed by atoms with E-state index in [9.17, 15) is 4.79 Å². The third-order valence-electron chi connectivity index (χ3n) is 2.88. The minimum atomic E-state index is -0.394. The molecule has 1 aromatic carbocycles. The fourth-order valence-corrected chi connectivity index (χ4v) is 1.87. The predicted octanol–water partition coefficient (Wildman–Crippen LogP) is 2.89. The molecule has 0 spiro atoms. The number of fused-ring (bicyclic) bond motifs is 1. The molecule has 3 nitrogen and oxygen atoms in total. The van der Waals surface area contributed by atoms with E-state index in [0.29, 0.717) is 5.69 Å². The topological polar surface area (TPSA) is 39.2 Å². The summed E-state index contributed by atoms with van der Waals surface area (Å²) in [7, 11) is 1.36. The Hall–Kier alpha value is -1.90. The van der Waals surface area contributed by atoms with Gasteiger partial charge in [0.05, 0.1) is 12.6 Å². The first-order valence-electron chi connectivity index (χ1n) is 5.64. The van der Waals surface area contributed by atoms with Crippen LogP contribution in [0.15, 0.2) is 24.3 Å². The molecule has 3 heteroatoms. The lowest BCUT2D eigenvalue weighted by Gasteiger charge is -2.06. The molecule has 0 unspecified atom stereocenters. The van der Waals surface area contributed by atoms with Crippen molar-refractivity contribution in [3.8, 4) is 0 Å². The molecule has 1 heterocycles. The lowest BCUT2D eigenvalue weighted by atomic mass is 10.0. The van der Waals surface area contributed by atoms with E-state index in [1.165, 1.54) is 12.7 Å². The highest BCUT2D eigenvalue weighted by Gasteiger charge is 2.10.